The van der Waals surface area contributed by atoms with Crippen LogP contribution in [-0.4, -0.2) is 39.5 Å². The average Bonchev–Trinajstić information content (AvgIpc) is 3.26. The number of fused-ring (bicyclic) bond motifs is 3. The van der Waals surface area contributed by atoms with Gasteiger partial charge in [-0.05, 0) is 44.2 Å². The van der Waals surface area contributed by atoms with Crippen LogP contribution < -0.4 is 10.6 Å². The summed E-state index contributed by atoms with van der Waals surface area (Å²) in [4.78, 5) is 16.7. The Hall–Kier alpha value is -2.61. The zero-order chi connectivity index (χ0) is 18.2. The SMILES string of the molecule is O=C1NC2CC(C2)OCc2cccc(n2)Nc2cc([nH]n2)C2CCC(C2)O1. The molecule has 2 unspecified atom stereocenters. The van der Waals surface area contributed by atoms with Gasteiger partial charge in [0.25, 0.3) is 0 Å². The van der Waals surface area contributed by atoms with Crippen LogP contribution in [0.15, 0.2) is 24.3 Å². The largest absolute Gasteiger partial charge is 0.446 e. The van der Waals surface area contributed by atoms with E-state index in [1.54, 1.807) is 0 Å². The standard InChI is InChI=1S/C19H23N5O3/c25-19-21-13-7-15(8-13)26-10-12-2-1-3-17(20-12)22-18-9-16(23-24-18)11-4-5-14(6-11)27-19/h1-3,9,11,13-15H,4-8,10H2,(H,21,25)(H2,20,22,23,24). The van der Waals surface area contributed by atoms with Crippen molar-refractivity contribution in [1.82, 2.24) is 20.5 Å². The summed E-state index contributed by atoms with van der Waals surface area (Å²) in [5.41, 5.74) is 1.93. The highest BCUT2D eigenvalue weighted by Crippen LogP contribution is 2.36. The number of carbonyl (C=O) groups excluding carboxylic acids is 1. The number of nitrogens with one attached hydrogen (secondary N) is 3. The minimum absolute atomic E-state index is 0.0425. The molecule has 2 fully saturated rings. The molecule has 0 spiro atoms. The normalized spacial score (nSPS) is 30.1. The van der Waals surface area contributed by atoms with Crippen LogP contribution in [0.25, 0.3) is 0 Å². The lowest BCUT2D eigenvalue weighted by atomic mass is 9.89. The molecule has 2 aliphatic carbocycles. The van der Waals surface area contributed by atoms with Crippen LogP contribution in [0, 0.1) is 0 Å². The van der Waals surface area contributed by atoms with Crippen molar-refractivity contribution in [2.45, 2.75) is 62.9 Å². The molecule has 2 saturated carbocycles. The molecular weight excluding hydrogens is 346 g/mol. The molecule has 2 aromatic heterocycles. The Labute approximate surface area is 157 Å². The van der Waals surface area contributed by atoms with E-state index in [0.717, 1.165) is 55.1 Å². The average molecular weight is 369 g/mol. The van der Waals surface area contributed by atoms with Crippen molar-refractivity contribution >= 4 is 17.7 Å². The van der Waals surface area contributed by atoms with Crippen molar-refractivity contribution in [3.8, 4) is 0 Å². The second kappa shape index (κ2) is 6.84. The zero-order valence-corrected chi connectivity index (χ0v) is 15.0. The predicted molar refractivity (Wildman–Crippen MR) is 97.7 cm³/mol. The molecule has 8 bridgehead atoms. The summed E-state index contributed by atoms with van der Waals surface area (Å²) >= 11 is 0. The first-order valence-electron chi connectivity index (χ1n) is 9.58. The van der Waals surface area contributed by atoms with Crippen molar-refractivity contribution in [2.24, 2.45) is 0 Å². The lowest BCUT2D eigenvalue weighted by Crippen LogP contribution is -2.48. The number of rotatable bonds is 0. The molecule has 3 N–H and O–H groups in total. The lowest BCUT2D eigenvalue weighted by molar-refractivity contribution is -0.0283. The Bertz CT molecular complexity index is 832. The smallest absolute Gasteiger partial charge is 0.407 e. The van der Waals surface area contributed by atoms with Gasteiger partial charge < -0.3 is 20.1 Å². The van der Waals surface area contributed by atoms with E-state index in [1.165, 1.54) is 0 Å². The fraction of sp³-hybridized carbons (Fsp3) is 0.526. The third-order valence-corrected chi connectivity index (χ3v) is 5.64. The molecule has 142 valence electrons. The quantitative estimate of drug-likeness (QED) is 0.660. The molecule has 2 aromatic rings. The minimum Gasteiger partial charge on any atom is -0.446 e. The van der Waals surface area contributed by atoms with E-state index in [0.29, 0.717) is 12.5 Å². The van der Waals surface area contributed by atoms with Crippen molar-refractivity contribution in [1.29, 1.82) is 0 Å². The highest BCUT2D eigenvalue weighted by molar-refractivity contribution is 5.68. The molecule has 0 aromatic carbocycles. The van der Waals surface area contributed by atoms with Gasteiger partial charge in [0.1, 0.15) is 11.9 Å². The van der Waals surface area contributed by atoms with Gasteiger partial charge >= 0.3 is 6.09 Å². The van der Waals surface area contributed by atoms with Crippen molar-refractivity contribution in [3.05, 3.63) is 35.7 Å². The third-order valence-electron chi connectivity index (χ3n) is 5.64. The van der Waals surface area contributed by atoms with E-state index < -0.39 is 0 Å². The maximum Gasteiger partial charge on any atom is 0.407 e. The Kier molecular flexibility index (Phi) is 4.20. The van der Waals surface area contributed by atoms with Crippen molar-refractivity contribution < 1.29 is 14.3 Å². The molecule has 4 heterocycles. The minimum atomic E-state index is -0.313. The number of hydrogen-bond donors (Lipinski definition) is 3. The summed E-state index contributed by atoms with van der Waals surface area (Å²) in [5.74, 6) is 1.81. The number of aromatic nitrogens is 3. The molecule has 2 aliphatic heterocycles. The number of anilines is 2. The molecular formula is C19H23N5O3. The van der Waals surface area contributed by atoms with Gasteiger partial charge in [-0.3, -0.25) is 5.10 Å². The summed E-state index contributed by atoms with van der Waals surface area (Å²) < 4.78 is 11.5. The maximum atomic E-state index is 12.1. The number of aromatic amines is 1. The highest BCUT2D eigenvalue weighted by atomic mass is 16.6. The van der Waals surface area contributed by atoms with E-state index in [4.69, 9.17) is 9.47 Å². The van der Waals surface area contributed by atoms with E-state index in [-0.39, 0.29) is 24.3 Å². The number of pyridine rings is 1. The number of H-pyrrole nitrogens is 1. The number of nitrogens with zero attached hydrogens (tertiary/aromatic N) is 2. The lowest BCUT2D eigenvalue weighted by Gasteiger charge is -2.35. The second-order valence-electron chi connectivity index (χ2n) is 7.63. The number of ether oxygens (including phenoxy) is 2. The Balaban J connectivity index is 1.36. The van der Waals surface area contributed by atoms with Crippen LogP contribution in [0.5, 0.6) is 0 Å². The summed E-state index contributed by atoms with van der Waals surface area (Å²) in [6.45, 7) is 0.452. The van der Waals surface area contributed by atoms with E-state index >= 15 is 0 Å². The number of amides is 1. The first kappa shape index (κ1) is 16.6. The van der Waals surface area contributed by atoms with Gasteiger partial charge in [0.2, 0.25) is 0 Å². The molecule has 0 radical (unpaired) electrons. The number of carbonyl (C=O) groups is 1. The maximum absolute atomic E-state index is 12.1. The Morgan fingerprint density at radius 2 is 2.00 bits per heavy atom. The van der Waals surface area contributed by atoms with Crippen LogP contribution in [0.4, 0.5) is 16.4 Å². The van der Waals surface area contributed by atoms with Crippen LogP contribution in [0.3, 0.4) is 0 Å². The Morgan fingerprint density at radius 1 is 1.07 bits per heavy atom. The van der Waals surface area contributed by atoms with Gasteiger partial charge in [0, 0.05) is 23.7 Å². The number of alkyl carbamates (subject to hydrolysis) is 1. The topological polar surface area (TPSA) is 101 Å². The van der Waals surface area contributed by atoms with E-state index in [1.807, 2.05) is 24.3 Å². The summed E-state index contributed by atoms with van der Waals surface area (Å²) in [6.07, 6.45) is 4.09. The van der Waals surface area contributed by atoms with Gasteiger partial charge in [-0.25, -0.2) is 9.78 Å². The monoisotopic (exact) mass is 369 g/mol. The molecule has 8 nitrogen and oxygen atoms in total. The fourth-order valence-corrected chi connectivity index (χ4v) is 4.08. The molecule has 0 saturated heterocycles. The zero-order valence-electron chi connectivity index (χ0n) is 15.0. The third kappa shape index (κ3) is 3.62. The highest BCUT2D eigenvalue weighted by Gasteiger charge is 2.34. The fourth-order valence-electron chi connectivity index (χ4n) is 4.08. The van der Waals surface area contributed by atoms with Gasteiger partial charge in [0.15, 0.2) is 5.82 Å². The molecule has 1 amide bonds. The molecule has 2 atom stereocenters. The van der Waals surface area contributed by atoms with Gasteiger partial charge in [-0.2, -0.15) is 5.10 Å². The van der Waals surface area contributed by atoms with Crippen LogP contribution in [-0.2, 0) is 16.1 Å². The molecule has 6 rings (SSSR count). The number of hydrogen-bond acceptors (Lipinski definition) is 6. The van der Waals surface area contributed by atoms with Crippen LogP contribution >= 0.6 is 0 Å². The first-order chi connectivity index (χ1) is 13.2. The van der Waals surface area contributed by atoms with Crippen LogP contribution in [0.2, 0.25) is 0 Å². The molecule has 4 aliphatic rings. The Morgan fingerprint density at radius 3 is 2.93 bits per heavy atom. The van der Waals surface area contributed by atoms with E-state index in [2.05, 4.69) is 25.8 Å². The van der Waals surface area contributed by atoms with Crippen molar-refractivity contribution in [3.63, 3.8) is 0 Å². The summed E-state index contributed by atoms with van der Waals surface area (Å²) in [7, 11) is 0. The van der Waals surface area contributed by atoms with E-state index in [9.17, 15) is 4.79 Å². The first-order valence-corrected chi connectivity index (χ1v) is 9.58. The van der Waals surface area contributed by atoms with Crippen molar-refractivity contribution in [2.75, 3.05) is 5.32 Å². The van der Waals surface area contributed by atoms with Gasteiger partial charge in [-0.1, -0.05) is 6.07 Å². The predicted octanol–water partition coefficient (Wildman–Crippen LogP) is 2.97. The van der Waals surface area contributed by atoms with Gasteiger partial charge in [0.05, 0.1) is 18.4 Å². The molecule has 8 heteroatoms. The summed E-state index contributed by atoms with van der Waals surface area (Å²) in [6, 6.07) is 7.97. The van der Waals surface area contributed by atoms with Crippen LogP contribution in [0.1, 0.15) is 49.4 Å². The summed E-state index contributed by atoms with van der Waals surface area (Å²) in [5, 5.41) is 13.7. The van der Waals surface area contributed by atoms with Gasteiger partial charge in [-0.15, -0.1) is 0 Å². The molecule has 27 heavy (non-hydrogen) atoms. The second-order valence-corrected chi connectivity index (χ2v) is 7.63.